The van der Waals surface area contributed by atoms with Crippen molar-refractivity contribution < 1.29 is 27.5 Å². The average Bonchev–Trinajstić information content (AvgIpc) is 2.44. The van der Waals surface area contributed by atoms with Crippen LogP contribution in [0, 0.1) is 0 Å². The summed E-state index contributed by atoms with van der Waals surface area (Å²) in [5.41, 5.74) is 0. The Labute approximate surface area is 129 Å². The summed E-state index contributed by atoms with van der Waals surface area (Å²) in [6.07, 6.45) is 1.00. The molecule has 0 aliphatic carbocycles. The van der Waals surface area contributed by atoms with Gasteiger partial charge in [-0.15, -0.1) is 0 Å². The molecule has 1 saturated heterocycles. The molecule has 1 fully saturated rings. The van der Waals surface area contributed by atoms with Gasteiger partial charge in [-0.25, -0.2) is 13.2 Å². The van der Waals surface area contributed by atoms with E-state index >= 15 is 0 Å². The molecule has 0 spiro atoms. The predicted molar refractivity (Wildman–Crippen MR) is 77.2 cm³/mol. The zero-order chi connectivity index (χ0) is 17.1. The van der Waals surface area contributed by atoms with Crippen LogP contribution in [0.2, 0.25) is 0 Å². The highest BCUT2D eigenvalue weighted by Crippen LogP contribution is 2.14. The van der Waals surface area contributed by atoms with E-state index in [1.165, 1.54) is 25.9 Å². The van der Waals surface area contributed by atoms with E-state index in [9.17, 15) is 22.8 Å². The number of esters is 1. The molecule has 22 heavy (non-hydrogen) atoms. The van der Waals surface area contributed by atoms with Crippen LogP contribution in [0.1, 0.15) is 13.8 Å². The molecule has 0 radical (unpaired) electrons. The number of piperazine rings is 1. The number of hydrogen-bond acceptors (Lipinski definition) is 6. The summed E-state index contributed by atoms with van der Waals surface area (Å²) in [6, 6.07) is -1.98. The van der Waals surface area contributed by atoms with Crippen molar-refractivity contribution in [2.24, 2.45) is 0 Å². The van der Waals surface area contributed by atoms with Gasteiger partial charge in [0.15, 0.2) is 0 Å². The number of nitrogens with zero attached hydrogens (tertiary/aromatic N) is 2. The number of amides is 2. The SMILES string of the molecule is COC(=O)C(C)NC(=O)C1CN(C(C)=O)CCN1S(C)(=O)=O. The maximum absolute atomic E-state index is 12.3. The molecule has 1 rings (SSSR count). The molecule has 1 N–H and O–H groups in total. The second-order valence-corrected chi connectivity index (χ2v) is 7.04. The van der Waals surface area contributed by atoms with Crippen molar-refractivity contribution in [1.29, 1.82) is 0 Å². The van der Waals surface area contributed by atoms with Crippen molar-refractivity contribution in [2.45, 2.75) is 25.9 Å². The second-order valence-electron chi connectivity index (χ2n) is 5.11. The van der Waals surface area contributed by atoms with Crippen LogP contribution >= 0.6 is 0 Å². The number of carbonyl (C=O) groups excluding carboxylic acids is 3. The molecule has 1 aliphatic rings. The lowest BCUT2D eigenvalue weighted by molar-refractivity contribution is -0.145. The van der Waals surface area contributed by atoms with Gasteiger partial charge in [0.05, 0.1) is 13.4 Å². The normalized spacial score (nSPS) is 21.1. The molecule has 2 atom stereocenters. The van der Waals surface area contributed by atoms with Crippen LogP contribution in [0.3, 0.4) is 0 Å². The summed E-state index contributed by atoms with van der Waals surface area (Å²) in [5.74, 6) is -1.53. The Morgan fingerprint density at radius 3 is 2.32 bits per heavy atom. The van der Waals surface area contributed by atoms with Crippen molar-refractivity contribution >= 4 is 27.8 Å². The molecule has 0 aromatic heterocycles. The van der Waals surface area contributed by atoms with Crippen LogP contribution in [-0.4, -0.2) is 80.5 Å². The van der Waals surface area contributed by atoms with Gasteiger partial charge in [-0.1, -0.05) is 0 Å². The number of sulfonamides is 1. The summed E-state index contributed by atoms with van der Waals surface area (Å²) in [6.45, 7) is 2.98. The standard InChI is InChI=1S/C12H21N3O6S/c1-8(12(18)21-3)13-11(17)10-7-14(9(2)16)5-6-15(10)22(4,19)20/h8,10H,5-7H2,1-4H3,(H,13,17). The third-order valence-electron chi connectivity index (χ3n) is 3.42. The highest BCUT2D eigenvalue weighted by Gasteiger charge is 2.39. The fourth-order valence-electron chi connectivity index (χ4n) is 2.21. The van der Waals surface area contributed by atoms with E-state index < -0.39 is 34.0 Å². The van der Waals surface area contributed by atoms with E-state index in [1.807, 2.05) is 0 Å². The predicted octanol–water partition coefficient (Wildman–Crippen LogP) is -1.84. The maximum atomic E-state index is 12.3. The lowest BCUT2D eigenvalue weighted by atomic mass is 10.2. The van der Waals surface area contributed by atoms with Gasteiger partial charge in [0.2, 0.25) is 21.8 Å². The Bertz CT molecular complexity index is 561. The molecule has 126 valence electrons. The summed E-state index contributed by atoms with van der Waals surface area (Å²) >= 11 is 0. The first-order valence-corrected chi connectivity index (χ1v) is 8.53. The van der Waals surface area contributed by atoms with Gasteiger partial charge in [-0.3, -0.25) is 9.59 Å². The third-order valence-corrected chi connectivity index (χ3v) is 4.71. The monoisotopic (exact) mass is 335 g/mol. The topological polar surface area (TPSA) is 113 Å². The maximum Gasteiger partial charge on any atom is 0.328 e. The van der Waals surface area contributed by atoms with E-state index in [1.54, 1.807) is 0 Å². The van der Waals surface area contributed by atoms with Crippen LogP contribution in [0.25, 0.3) is 0 Å². The molecule has 0 aromatic rings. The summed E-state index contributed by atoms with van der Waals surface area (Å²) < 4.78 is 29.1. The quantitative estimate of drug-likeness (QED) is 0.604. The Hall–Kier alpha value is -1.68. The molecular weight excluding hydrogens is 314 g/mol. The van der Waals surface area contributed by atoms with Crippen molar-refractivity contribution in [3.8, 4) is 0 Å². The van der Waals surface area contributed by atoms with E-state index in [4.69, 9.17) is 0 Å². The average molecular weight is 335 g/mol. The molecule has 2 amide bonds. The van der Waals surface area contributed by atoms with E-state index in [0.29, 0.717) is 0 Å². The van der Waals surface area contributed by atoms with E-state index in [2.05, 4.69) is 10.1 Å². The summed E-state index contributed by atoms with van der Waals surface area (Å²) in [5, 5.41) is 2.40. The van der Waals surface area contributed by atoms with Crippen molar-refractivity contribution in [3.05, 3.63) is 0 Å². The van der Waals surface area contributed by atoms with Crippen molar-refractivity contribution in [2.75, 3.05) is 33.0 Å². The minimum Gasteiger partial charge on any atom is -0.467 e. The highest BCUT2D eigenvalue weighted by molar-refractivity contribution is 7.88. The lowest BCUT2D eigenvalue weighted by Gasteiger charge is -2.38. The fraction of sp³-hybridized carbons (Fsp3) is 0.750. The van der Waals surface area contributed by atoms with Gasteiger partial charge in [0.25, 0.3) is 0 Å². The first-order chi connectivity index (χ1) is 10.1. The van der Waals surface area contributed by atoms with E-state index in [0.717, 1.165) is 10.6 Å². The Morgan fingerprint density at radius 2 is 1.86 bits per heavy atom. The summed E-state index contributed by atoms with van der Waals surface area (Å²) in [4.78, 5) is 36.5. The largest absolute Gasteiger partial charge is 0.467 e. The van der Waals surface area contributed by atoms with Gasteiger partial charge < -0.3 is 15.0 Å². The Balaban J connectivity index is 2.94. The zero-order valence-electron chi connectivity index (χ0n) is 13.0. The fourth-order valence-corrected chi connectivity index (χ4v) is 3.25. The number of carbonyl (C=O) groups is 3. The van der Waals surface area contributed by atoms with Gasteiger partial charge in [0.1, 0.15) is 12.1 Å². The molecule has 10 heteroatoms. The molecule has 1 aliphatic heterocycles. The minimum absolute atomic E-state index is 0.0309. The smallest absolute Gasteiger partial charge is 0.328 e. The first-order valence-electron chi connectivity index (χ1n) is 6.68. The van der Waals surface area contributed by atoms with Gasteiger partial charge in [-0.05, 0) is 6.92 Å². The minimum atomic E-state index is -3.61. The molecular formula is C12H21N3O6S. The summed E-state index contributed by atoms with van der Waals surface area (Å²) in [7, 11) is -2.43. The Kier molecular flexibility index (Phi) is 5.89. The Morgan fingerprint density at radius 1 is 1.27 bits per heavy atom. The molecule has 0 bridgehead atoms. The van der Waals surface area contributed by atoms with Crippen molar-refractivity contribution in [3.63, 3.8) is 0 Å². The van der Waals surface area contributed by atoms with Crippen LogP contribution in [0.5, 0.6) is 0 Å². The number of methoxy groups -OCH3 is 1. The molecule has 0 saturated carbocycles. The van der Waals surface area contributed by atoms with Crippen LogP contribution in [0.4, 0.5) is 0 Å². The second kappa shape index (κ2) is 7.05. The lowest BCUT2D eigenvalue weighted by Crippen LogP contribution is -2.62. The van der Waals surface area contributed by atoms with Crippen LogP contribution in [-0.2, 0) is 29.1 Å². The van der Waals surface area contributed by atoms with Gasteiger partial charge in [-0.2, -0.15) is 4.31 Å². The number of hydrogen-bond donors (Lipinski definition) is 1. The van der Waals surface area contributed by atoms with Crippen LogP contribution < -0.4 is 5.32 Å². The number of ether oxygens (including phenoxy) is 1. The molecule has 2 unspecified atom stereocenters. The third kappa shape index (κ3) is 4.41. The first kappa shape index (κ1) is 18.4. The highest BCUT2D eigenvalue weighted by atomic mass is 32.2. The molecule has 1 heterocycles. The zero-order valence-corrected chi connectivity index (χ0v) is 13.8. The molecule has 0 aromatic carbocycles. The van der Waals surface area contributed by atoms with E-state index in [-0.39, 0.29) is 25.5 Å². The molecule has 9 nitrogen and oxygen atoms in total. The number of rotatable bonds is 4. The van der Waals surface area contributed by atoms with Crippen molar-refractivity contribution in [1.82, 2.24) is 14.5 Å². The number of nitrogens with one attached hydrogen (secondary N) is 1. The van der Waals surface area contributed by atoms with Gasteiger partial charge in [0, 0.05) is 26.6 Å². The van der Waals surface area contributed by atoms with Gasteiger partial charge >= 0.3 is 5.97 Å². The van der Waals surface area contributed by atoms with Crippen LogP contribution in [0.15, 0.2) is 0 Å².